The zero-order chi connectivity index (χ0) is 10.8. The van der Waals surface area contributed by atoms with E-state index >= 15 is 0 Å². The molecule has 1 heterocycles. The van der Waals surface area contributed by atoms with E-state index in [0.29, 0.717) is 12.1 Å². The van der Waals surface area contributed by atoms with Gasteiger partial charge in [0.05, 0.1) is 0 Å². The lowest BCUT2D eigenvalue weighted by Crippen LogP contribution is -2.30. The normalized spacial score (nSPS) is 24.3. The Bertz CT molecular complexity index is 335. The van der Waals surface area contributed by atoms with Gasteiger partial charge in [-0.25, -0.2) is 0 Å². The van der Waals surface area contributed by atoms with Gasteiger partial charge in [-0.3, -0.25) is 4.90 Å². The summed E-state index contributed by atoms with van der Waals surface area (Å²) in [7, 11) is 0. The SMILES string of the molecule is CC1CCCN1C(C)c1ccccc1N. The summed E-state index contributed by atoms with van der Waals surface area (Å²) in [6, 6.07) is 9.35. The second-order valence-electron chi connectivity index (χ2n) is 4.53. The van der Waals surface area contributed by atoms with Gasteiger partial charge in [0.15, 0.2) is 0 Å². The topological polar surface area (TPSA) is 29.3 Å². The van der Waals surface area contributed by atoms with Crippen LogP contribution in [-0.2, 0) is 0 Å². The molecule has 0 spiro atoms. The number of hydrogen-bond acceptors (Lipinski definition) is 2. The molecule has 2 atom stereocenters. The van der Waals surface area contributed by atoms with Crippen LogP contribution in [0.2, 0.25) is 0 Å². The molecular formula is C13H20N2. The molecule has 1 aliphatic rings. The van der Waals surface area contributed by atoms with Crippen LogP contribution >= 0.6 is 0 Å². The van der Waals surface area contributed by atoms with Gasteiger partial charge in [0.25, 0.3) is 0 Å². The van der Waals surface area contributed by atoms with E-state index in [0.717, 1.165) is 5.69 Å². The Morgan fingerprint density at radius 1 is 1.40 bits per heavy atom. The molecule has 1 aromatic rings. The molecule has 2 nitrogen and oxygen atoms in total. The number of anilines is 1. The molecule has 0 aliphatic carbocycles. The van der Waals surface area contributed by atoms with E-state index in [1.54, 1.807) is 0 Å². The molecule has 0 bridgehead atoms. The predicted molar refractivity (Wildman–Crippen MR) is 64.7 cm³/mol. The van der Waals surface area contributed by atoms with Gasteiger partial charge in [-0.2, -0.15) is 0 Å². The van der Waals surface area contributed by atoms with Crippen LogP contribution in [-0.4, -0.2) is 17.5 Å². The minimum absolute atomic E-state index is 0.448. The number of nitrogen functional groups attached to an aromatic ring is 1. The van der Waals surface area contributed by atoms with Crippen LogP contribution in [0.4, 0.5) is 5.69 Å². The lowest BCUT2D eigenvalue weighted by atomic mass is 10.0. The molecular weight excluding hydrogens is 184 g/mol. The average Bonchev–Trinajstić information content (AvgIpc) is 2.64. The van der Waals surface area contributed by atoms with Crippen molar-refractivity contribution in [1.29, 1.82) is 0 Å². The maximum Gasteiger partial charge on any atom is 0.0362 e. The van der Waals surface area contributed by atoms with Gasteiger partial charge in [0.2, 0.25) is 0 Å². The average molecular weight is 204 g/mol. The van der Waals surface area contributed by atoms with Crippen LogP contribution in [0.15, 0.2) is 24.3 Å². The number of hydrogen-bond donors (Lipinski definition) is 1. The summed E-state index contributed by atoms with van der Waals surface area (Å²) in [4.78, 5) is 2.55. The van der Waals surface area contributed by atoms with Crippen LogP contribution in [0.3, 0.4) is 0 Å². The van der Waals surface area contributed by atoms with Crippen molar-refractivity contribution in [2.75, 3.05) is 12.3 Å². The molecule has 2 rings (SSSR count). The summed E-state index contributed by atoms with van der Waals surface area (Å²) in [5, 5.41) is 0. The highest BCUT2D eigenvalue weighted by Crippen LogP contribution is 2.31. The van der Waals surface area contributed by atoms with Crippen molar-refractivity contribution < 1.29 is 0 Å². The van der Waals surface area contributed by atoms with Crippen LogP contribution < -0.4 is 5.73 Å². The van der Waals surface area contributed by atoms with E-state index in [2.05, 4.69) is 30.9 Å². The first-order chi connectivity index (χ1) is 7.20. The van der Waals surface area contributed by atoms with Crippen molar-refractivity contribution in [3.63, 3.8) is 0 Å². The van der Waals surface area contributed by atoms with Crippen molar-refractivity contribution in [1.82, 2.24) is 4.90 Å². The fourth-order valence-electron chi connectivity index (χ4n) is 2.60. The molecule has 2 N–H and O–H groups in total. The minimum Gasteiger partial charge on any atom is -0.398 e. The highest BCUT2D eigenvalue weighted by molar-refractivity contribution is 5.48. The van der Waals surface area contributed by atoms with E-state index < -0.39 is 0 Å². The molecule has 2 heteroatoms. The largest absolute Gasteiger partial charge is 0.398 e. The molecule has 0 aromatic heterocycles. The summed E-state index contributed by atoms with van der Waals surface area (Å²) >= 11 is 0. The first-order valence-corrected chi connectivity index (χ1v) is 5.80. The Morgan fingerprint density at radius 2 is 2.13 bits per heavy atom. The standard InChI is InChI=1S/C13H20N2/c1-10-6-5-9-15(10)11(2)12-7-3-4-8-13(12)14/h3-4,7-8,10-11H,5-6,9,14H2,1-2H3. The fraction of sp³-hybridized carbons (Fsp3) is 0.538. The molecule has 0 radical (unpaired) electrons. The monoisotopic (exact) mass is 204 g/mol. The van der Waals surface area contributed by atoms with Gasteiger partial charge in [0, 0.05) is 17.8 Å². The number of nitrogens with two attached hydrogens (primary N) is 1. The Hall–Kier alpha value is -1.02. The van der Waals surface area contributed by atoms with Crippen molar-refractivity contribution in [3.05, 3.63) is 29.8 Å². The van der Waals surface area contributed by atoms with Crippen LogP contribution in [0, 0.1) is 0 Å². The van der Waals surface area contributed by atoms with Crippen LogP contribution in [0.5, 0.6) is 0 Å². The molecule has 1 aromatic carbocycles. The maximum absolute atomic E-state index is 6.01. The molecule has 1 aliphatic heterocycles. The van der Waals surface area contributed by atoms with E-state index in [9.17, 15) is 0 Å². The summed E-state index contributed by atoms with van der Waals surface area (Å²) in [6.07, 6.45) is 2.63. The van der Waals surface area contributed by atoms with Gasteiger partial charge >= 0.3 is 0 Å². The lowest BCUT2D eigenvalue weighted by molar-refractivity contribution is 0.205. The highest BCUT2D eigenvalue weighted by atomic mass is 15.2. The number of para-hydroxylation sites is 1. The van der Waals surface area contributed by atoms with E-state index in [1.165, 1.54) is 24.9 Å². The quantitative estimate of drug-likeness (QED) is 0.751. The third-order valence-electron chi connectivity index (χ3n) is 3.55. The van der Waals surface area contributed by atoms with Crippen LogP contribution in [0.25, 0.3) is 0 Å². The number of rotatable bonds is 2. The Balaban J connectivity index is 2.20. The second kappa shape index (κ2) is 4.23. The Morgan fingerprint density at radius 3 is 2.73 bits per heavy atom. The first kappa shape index (κ1) is 10.5. The minimum atomic E-state index is 0.448. The molecule has 82 valence electrons. The van der Waals surface area contributed by atoms with E-state index in [-0.39, 0.29) is 0 Å². The van der Waals surface area contributed by atoms with Gasteiger partial charge in [-0.15, -0.1) is 0 Å². The Labute approximate surface area is 92.1 Å². The van der Waals surface area contributed by atoms with Gasteiger partial charge in [0.1, 0.15) is 0 Å². The van der Waals surface area contributed by atoms with Crippen molar-refractivity contribution in [2.24, 2.45) is 0 Å². The second-order valence-corrected chi connectivity index (χ2v) is 4.53. The number of likely N-dealkylation sites (tertiary alicyclic amines) is 1. The van der Waals surface area contributed by atoms with E-state index in [4.69, 9.17) is 5.73 Å². The van der Waals surface area contributed by atoms with Crippen molar-refractivity contribution in [2.45, 2.75) is 38.8 Å². The maximum atomic E-state index is 6.01. The summed E-state index contributed by atoms with van der Waals surface area (Å²) < 4.78 is 0. The number of benzene rings is 1. The molecule has 15 heavy (non-hydrogen) atoms. The Kier molecular flexibility index (Phi) is 2.96. The van der Waals surface area contributed by atoms with E-state index in [1.807, 2.05) is 12.1 Å². The first-order valence-electron chi connectivity index (χ1n) is 5.80. The van der Waals surface area contributed by atoms with Gasteiger partial charge < -0.3 is 5.73 Å². The smallest absolute Gasteiger partial charge is 0.0362 e. The lowest BCUT2D eigenvalue weighted by Gasteiger charge is -2.29. The predicted octanol–water partition coefficient (Wildman–Crippen LogP) is 2.81. The third kappa shape index (κ3) is 2.00. The van der Waals surface area contributed by atoms with Gasteiger partial charge in [-0.05, 0) is 44.9 Å². The van der Waals surface area contributed by atoms with Crippen molar-refractivity contribution in [3.8, 4) is 0 Å². The molecule has 1 fully saturated rings. The molecule has 1 saturated heterocycles. The summed E-state index contributed by atoms with van der Waals surface area (Å²) in [5.41, 5.74) is 8.20. The van der Waals surface area contributed by atoms with Gasteiger partial charge in [-0.1, -0.05) is 18.2 Å². The fourth-order valence-corrected chi connectivity index (χ4v) is 2.60. The van der Waals surface area contributed by atoms with Crippen molar-refractivity contribution >= 4 is 5.69 Å². The zero-order valence-corrected chi connectivity index (χ0v) is 9.61. The third-order valence-corrected chi connectivity index (χ3v) is 3.55. The summed E-state index contributed by atoms with van der Waals surface area (Å²) in [6.45, 7) is 5.77. The number of nitrogens with zero attached hydrogens (tertiary/aromatic N) is 1. The molecule has 0 amide bonds. The zero-order valence-electron chi connectivity index (χ0n) is 9.61. The molecule has 0 saturated carbocycles. The molecule has 2 unspecified atom stereocenters. The highest BCUT2D eigenvalue weighted by Gasteiger charge is 2.26. The van der Waals surface area contributed by atoms with Crippen LogP contribution in [0.1, 0.15) is 38.3 Å². The summed E-state index contributed by atoms with van der Waals surface area (Å²) in [5.74, 6) is 0.